The van der Waals surface area contributed by atoms with Gasteiger partial charge in [0.2, 0.25) is 0 Å². The van der Waals surface area contributed by atoms with E-state index in [2.05, 4.69) is 12.1 Å². The second kappa shape index (κ2) is 8.82. The largest absolute Gasteiger partial charge is 0.497 e. The quantitative estimate of drug-likeness (QED) is 0.310. The van der Waals surface area contributed by atoms with Crippen molar-refractivity contribution in [3.05, 3.63) is 114 Å². The van der Waals surface area contributed by atoms with Crippen LogP contribution >= 0.6 is 0 Å². The van der Waals surface area contributed by atoms with E-state index in [0.717, 1.165) is 45.5 Å². The number of rotatable bonds is 5. The molecule has 0 atom stereocenters. The van der Waals surface area contributed by atoms with Crippen LogP contribution in [0.1, 0.15) is 32.0 Å². The number of hydrogen-bond donors (Lipinski definition) is 0. The molecule has 0 unspecified atom stereocenters. The lowest BCUT2D eigenvalue weighted by Gasteiger charge is -2.21. The lowest BCUT2D eigenvalue weighted by Crippen LogP contribution is -2.29. The molecule has 6 heteroatoms. The van der Waals surface area contributed by atoms with Crippen molar-refractivity contribution < 1.29 is 14.3 Å². The molecule has 0 saturated heterocycles. The van der Waals surface area contributed by atoms with Crippen LogP contribution in [0.25, 0.3) is 28.0 Å². The highest BCUT2D eigenvalue weighted by Crippen LogP contribution is 2.35. The summed E-state index contributed by atoms with van der Waals surface area (Å²) in [5.41, 5.74) is 7.64. The lowest BCUT2D eigenvalue weighted by atomic mass is 10.0. The minimum Gasteiger partial charge on any atom is -0.497 e. The van der Waals surface area contributed by atoms with E-state index in [9.17, 15) is 9.59 Å². The molecule has 0 fully saturated rings. The van der Waals surface area contributed by atoms with Crippen LogP contribution in [0.2, 0.25) is 0 Å². The van der Waals surface area contributed by atoms with Gasteiger partial charge in [-0.2, -0.15) is 0 Å². The molecule has 0 spiro atoms. The predicted molar refractivity (Wildman–Crippen MR) is 138 cm³/mol. The Morgan fingerprint density at radius 1 is 0.917 bits per heavy atom. The van der Waals surface area contributed by atoms with Gasteiger partial charge in [0, 0.05) is 30.4 Å². The third-order valence-electron chi connectivity index (χ3n) is 6.65. The zero-order chi connectivity index (χ0) is 24.6. The van der Waals surface area contributed by atoms with E-state index in [1.807, 2.05) is 76.2 Å². The number of aromatic nitrogens is 2. The van der Waals surface area contributed by atoms with Crippen molar-refractivity contribution >= 4 is 17.8 Å². The average molecular weight is 474 g/mol. The van der Waals surface area contributed by atoms with E-state index in [1.54, 1.807) is 19.2 Å². The Morgan fingerprint density at radius 3 is 2.42 bits per heavy atom. The molecule has 36 heavy (non-hydrogen) atoms. The summed E-state index contributed by atoms with van der Waals surface area (Å²) in [6.45, 7) is 0.963. The maximum absolute atomic E-state index is 13.8. The third kappa shape index (κ3) is 3.73. The number of nitrogens with zero attached hydrogens (tertiary/aromatic N) is 3. The molecular formula is C30H23N3O3. The second-order valence-corrected chi connectivity index (χ2v) is 8.86. The van der Waals surface area contributed by atoms with Gasteiger partial charge >= 0.3 is 0 Å². The van der Waals surface area contributed by atoms with Gasteiger partial charge < -0.3 is 9.64 Å². The van der Waals surface area contributed by atoms with Crippen LogP contribution in [0.3, 0.4) is 0 Å². The first-order valence-corrected chi connectivity index (χ1v) is 11.7. The molecule has 1 amide bonds. The van der Waals surface area contributed by atoms with Gasteiger partial charge in [-0.25, -0.2) is 4.98 Å². The van der Waals surface area contributed by atoms with Crippen molar-refractivity contribution in [1.29, 1.82) is 0 Å². The Labute approximate surface area is 208 Å². The van der Waals surface area contributed by atoms with Crippen molar-refractivity contribution in [2.75, 3.05) is 7.11 Å². The van der Waals surface area contributed by atoms with E-state index in [0.29, 0.717) is 30.0 Å². The molecule has 1 aliphatic heterocycles. The predicted octanol–water partition coefficient (Wildman–Crippen LogP) is 5.65. The van der Waals surface area contributed by atoms with E-state index < -0.39 is 0 Å². The number of aldehydes is 1. The first-order valence-electron chi connectivity index (χ1n) is 11.7. The molecule has 0 N–H and O–H groups in total. The van der Waals surface area contributed by atoms with Crippen molar-refractivity contribution in [2.45, 2.75) is 13.1 Å². The topological polar surface area (TPSA) is 63.9 Å². The molecule has 1 aliphatic rings. The molecule has 0 radical (unpaired) electrons. The van der Waals surface area contributed by atoms with Crippen LogP contribution in [-0.4, -0.2) is 33.6 Å². The Kier molecular flexibility index (Phi) is 5.34. The zero-order valence-electron chi connectivity index (χ0n) is 19.7. The monoisotopic (exact) mass is 473 g/mol. The number of fused-ring (bicyclic) bond motifs is 5. The van der Waals surface area contributed by atoms with Crippen molar-refractivity contribution in [3.63, 3.8) is 0 Å². The van der Waals surface area contributed by atoms with Crippen molar-refractivity contribution in [2.24, 2.45) is 0 Å². The fourth-order valence-corrected chi connectivity index (χ4v) is 4.77. The summed E-state index contributed by atoms with van der Waals surface area (Å²) in [5.74, 6) is 0.683. The second-order valence-electron chi connectivity index (χ2n) is 8.86. The smallest absolute Gasteiger partial charge is 0.275 e. The van der Waals surface area contributed by atoms with E-state index >= 15 is 0 Å². The van der Waals surface area contributed by atoms with Crippen molar-refractivity contribution in [1.82, 2.24) is 14.3 Å². The molecule has 176 valence electrons. The minimum absolute atomic E-state index is 0.0994. The van der Waals surface area contributed by atoms with Crippen LogP contribution in [0.5, 0.6) is 5.75 Å². The number of imidazole rings is 1. The van der Waals surface area contributed by atoms with Crippen LogP contribution < -0.4 is 4.74 Å². The highest BCUT2D eigenvalue weighted by molar-refractivity contribution is 6.01. The summed E-state index contributed by atoms with van der Waals surface area (Å²) in [4.78, 5) is 31.5. The summed E-state index contributed by atoms with van der Waals surface area (Å²) in [7, 11) is 1.64. The number of ether oxygens (including phenoxy) is 1. The summed E-state index contributed by atoms with van der Waals surface area (Å²) in [6.07, 6.45) is 2.85. The zero-order valence-corrected chi connectivity index (χ0v) is 19.7. The van der Waals surface area contributed by atoms with E-state index in [4.69, 9.17) is 9.72 Å². The number of amides is 1. The van der Waals surface area contributed by atoms with E-state index in [-0.39, 0.29) is 5.91 Å². The van der Waals surface area contributed by atoms with Gasteiger partial charge in [0.1, 0.15) is 17.7 Å². The standard InChI is InChI=1S/C30H23N3O3/c1-36-25-13-8-20(9-14-25)16-32-17-24-4-2-3-5-26(24)29-28(30(32)35)31-27-15-12-23(18-33(27)29)22-10-6-21(19-34)7-11-22/h2-15,18-19H,16-17H2,1H3. The third-order valence-corrected chi connectivity index (χ3v) is 6.65. The van der Waals surface area contributed by atoms with Crippen molar-refractivity contribution in [3.8, 4) is 28.1 Å². The van der Waals surface area contributed by atoms with E-state index in [1.165, 1.54) is 0 Å². The number of carbonyl (C=O) groups excluding carboxylic acids is 2. The van der Waals surface area contributed by atoms with Gasteiger partial charge in [0.15, 0.2) is 5.69 Å². The average Bonchev–Trinajstić information content (AvgIpc) is 3.26. The summed E-state index contributed by atoms with van der Waals surface area (Å²) in [6, 6.07) is 27.3. The van der Waals surface area contributed by atoms with Crippen LogP contribution in [-0.2, 0) is 13.1 Å². The lowest BCUT2D eigenvalue weighted by molar-refractivity contribution is 0.0728. The highest BCUT2D eigenvalue weighted by Gasteiger charge is 2.30. The number of benzene rings is 3. The van der Waals surface area contributed by atoms with Crippen LogP contribution in [0, 0.1) is 0 Å². The Balaban J connectivity index is 1.47. The molecule has 0 saturated carbocycles. The molecule has 6 rings (SSSR count). The van der Waals surface area contributed by atoms with Crippen LogP contribution in [0.4, 0.5) is 0 Å². The number of pyridine rings is 1. The van der Waals surface area contributed by atoms with Gasteiger partial charge in [-0.3, -0.25) is 14.0 Å². The Bertz CT molecular complexity index is 1600. The van der Waals surface area contributed by atoms with Gasteiger partial charge in [-0.15, -0.1) is 0 Å². The maximum Gasteiger partial charge on any atom is 0.275 e. The first-order chi connectivity index (χ1) is 17.6. The maximum atomic E-state index is 13.8. The van der Waals surface area contributed by atoms with Gasteiger partial charge in [0.05, 0.1) is 12.8 Å². The molecule has 3 aromatic carbocycles. The SMILES string of the molecule is COc1ccc(CN2Cc3ccccc3-c3c(nc4ccc(-c5ccc(C=O)cc5)cn34)C2=O)cc1. The fourth-order valence-electron chi connectivity index (χ4n) is 4.77. The number of hydrogen-bond acceptors (Lipinski definition) is 4. The summed E-state index contributed by atoms with van der Waals surface area (Å²) in [5, 5.41) is 0. The van der Waals surface area contributed by atoms with Gasteiger partial charge in [-0.1, -0.05) is 60.7 Å². The molecule has 5 aromatic rings. The molecule has 6 nitrogen and oxygen atoms in total. The number of methoxy groups -OCH3 is 1. The first kappa shape index (κ1) is 21.8. The molecule has 2 aromatic heterocycles. The van der Waals surface area contributed by atoms with Gasteiger partial charge in [0.25, 0.3) is 5.91 Å². The minimum atomic E-state index is -0.0994. The fraction of sp³-hybridized carbons (Fsp3) is 0.100. The molecule has 0 aliphatic carbocycles. The normalized spacial score (nSPS) is 12.7. The molecule has 0 bridgehead atoms. The summed E-state index contributed by atoms with van der Waals surface area (Å²) < 4.78 is 7.28. The molecule has 3 heterocycles. The Hall–Kier alpha value is -4.71. The molecular weight excluding hydrogens is 450 g/mol. The van der Waals surface area contributed by atoms with Gasteiger partial charge in [-0.05, 0) is 46.5 Å². The number of carbonyl (C=O) groups is 2. The highest BCUT2D eigenvalue weighted by atomic mass is 16.5. The summed E-state index contributed by atoms with van der Waals surface area (Å²) >= 11 is 0. The van der Waals surface area contributed by atoms with Crippen LogP contribution in [0.15, 0.2) is 91.1 Å². The Morgan fingerprint density at radius 2 is 1.67 bits per heavy atom.